The number of thioether (sulfide) groups is 1. The Balaban J connectivity index is 1.84. The topological polar surface area (TPSA) is 50.8 Å². The van der Waals surface area contributed by atoms with Gasteiger partial charge in [-0.3, -0.25) is 4.79 Å². The van der Waals surface area contributed by atoms with E-state index in [-0.39, 0.29) is 11.2 Å². The molecular formula is C15H20N2O3S2. The third-order valence-electron chi connectivity index (χ3n) is 3.42. The second kappa shape index (κ2) is 8.24. The molecule has 0 amide bonds. The molecule has 1 N–H and O–H groups in total. The minimum atomic E-state index is -0.187. The summed E-state index contributed by atoms with van der Waals surface area (Å²) < 4.78 is 9.94. The van der Waals surface area contributed by atoms with Crippen molar-refractivity contribution in [3.8, 4) is 5.75 Å². The molecule has 1 aliphatic heterocycles. The quantitative estimate of drug-likeness (QED) is 0.661. The first-order valence-electron chi connectivity index (χ1n) is 6.99. The Kier molecular flexibility index (Phi) is 6.33. The number of carbonyl (C=O) groups is 1. The van der Waals surface area contributed by atoms with Gasteiger partial charge in [0.15, 0.2) is 5.11 Å². The zero-order valence-corrected chi connectivity index (χ0v) is 14.3. The van der Waals surface area contributed by atoms with Crippen LogP contribution in [0.2, 0.25) is 0 Å². The van der Waals surface area contributed by atoms with E-state index in [1.54, 1.807) is 18.9 Å². The van der Waals surface area contributed by atoms with E-state index in [0.29, 0.717) is 18.2 Å². The maximum atomic E-state index is 11.6. The van der Waals surface area contributed by atoms with Crippen LogP contribution in [0.5, 0.6) is 5.75 Å². The molecule has 120 valence electrons. The van der Waals surface area contributed by atoms with Gasteiger partial charge in [0.2, 0.25) is 0 Å². The number of nitrogens with one attached hydrogen (secondary N) is 1. The van der Waals surface area contributed by atoms with Crippen LogP contribution in [0.25, 0.3) is 0 Å². The summed E-state index contributed by atoms with van der Waals surface area (Å²) in [5.41, 5.74) is 1.12. The lowest BCUT2D eigenvalue weighted by Crippen LogP contribution is -2.48. The third kappa shape index (κ3) is 4.51. The summed E-state index contributed by atoms with van der Waals surface area (Å²) in [5, 5.41) is 3.74. The molecule has 1 aromatic carbocycles. The predicted molar refractivity (Wildman–Crippen MR) is 92.3 cm³/mol. The van der Waals surface area contributed by atoms with Crippen LogP contribution < -0.4 is 10.1 Å². The van der Waals surface area contributed by atoms with Gasteiger partial charge in [0.05, 0.1) is 14.2 Å². The van der Waals surface area contributed by atoms with Crippen molar-refractivity contribution >= 4 is 35.1 Å². The van der Waals surface area contributed by atoms with E-state index in [1.807, 2.05) is 29.2 Å². The average molecular weight is 340 g/mol. The molecule has 7 heteroatoms. The molecule has 0 aliphatic carbocycles. The average Bonchev–Trinajstić information content (AvgIpc) is 2.59. The van der Waals surface area contributed by atoms with Crippen LogP contribution in [-0.4, -0.2) is 54.3 Å². The highest BCUT2D eigenvalue weighted by atomic mass is 32.2. The molecule has 0 unspecified atom stereocenters. The molecule has 1 aliphatic rings. The van der Waals surface area contributed by atoms with Crippen LogP contribution in [0.3, 0.4) is 0 Å². The van der Waals surface area contributed by atoms with E-state index in [0.717, 1.165) is 23.6 Å². The molecule has 5 nitrogen and oxygen atoms in total. The fourth-order valence-corrected chi connectivity index (χ4v) is 3.51. The van der Waals surface area contributed by atoms with Gasteiger partial charge in [-0.1, -0.05) is 12.1 Å². The molecule has 0 spiro atoms. The van der Waals surface area contributed by atoms with E-state index in [1.165, 1.54) is 7.11 Å². The zero-order chi connectivity index (χ0) is 15.9. The molecular weight excluding hydrogens is 320 g/mol. The second-order valence-corrected chi connectivity index (χ2v) is 6.53. The lowest BCUT2D eigenvalue weighted by Gasteiger charge is -2.33. The van der Waals surface area contributed by atoms with Crippen molar-refractivity contribution in [2.24, 2.45) is 0 Å². The molecule has 1 atom stereocenters. The maximum absolute atomic E-state index is 11.6. The molecule has 22 heavy (non-hydrogen) atoms. The van der Waals surface area contributed by atoms with Gasteiger partial charge in [-0.25, -0.2) is 0 Å². The molecule has 1 aromatic rings. The van der Waals surface area contributed by atoms with Gasteiger partial charge in [-0.05, 0) is 29.9 Å². The largest absolute Gasteiger partial charge is 0.497 e. The van der Waals surface area contributed by atoms with Gasteiger partial charge in [0.25, 0.3) is 0 Å². The Labute approximate surface area is 140 Å². The van der Waals surface area contributed by atoms with E-state index in [4.69, 9.17) is 21.7 Å². The van der Waals surface area contributed by atoms with E-state index in [9.17, 15) is 4.79 Å². The summed E-state index contributed by atoms with van der Waals surface area (Å²) in [7, 11) is 3.07. The summed E-state index contributed by atoms with van der Waals surface area (Å²) in [6.45, 7) is 2.08. The highest BCUT2D eigenvalue weighted by molar-refractivity contribution is 8.00. The fourth-order valence-electron chi connectivity index (χ4n) is 2.14. The summed E-state index contributed by atoms with van der Waals surface area (Å²) in [4.78, 5) is 13.7. The second-order valence-electron chi connectivity index (χ2n) is 4.84. The Hall–Kier alpha value is -1.47. The van der Waals surface area contributed by atoms with Crippen LogP contribution >= 0.6 is 24.0 Å². The maximum Gasteiger partial charge on any atom is 0.320 e. The number of thiocarbonyl (C=S) groups is 1. The van der Waals surface area contributed by atoms with Crippen molar-refractivity contribution in [2.75, 3.05) is 33.1 Å². The monoisotopic (exact) mass is 340 g/mol. The predicted octanol–water partition coefficient (Wildman–Crippen LogP) is 1.66. The van der Waals surface area contributed by atoms with Gasteiger partial charge in [-0.2, -0.15) is 0 Å². The first kappa shape index (κ1) is 16.9. The SMILES string of the molecule is COC(=O)[C@@H]1CN(C(=S)NCc2ccc(OC)cc2)CCS1. The number of hydrogen-bond acceptors (Lipinski definition) is 5. The van der Waals surface area contributed by atoms with Gasteiger partial charge in [0, 0.05) is 25.4 Å². The highest BCUT2D eigenvalue weighted by Gasteiger charge is 2.28. The van der Waals surface area contributed by atoms with Crippen LogP contribution in [0.1, 0.15) is 5.56 Å². The summed E-state index contributed by atoms with van der Waals surface area (Å²) >= 11 is 7.04. The number of rotatable bonds is 4. The number of ether oxygens (including phenoxy) is 2. The van der Waals surface area contributed by atoms with Crippen molar-refractivity contribution in [3.05, 3.63) is 29.8 Å². The number of carbonyl (C=O) groups excluding carboxylic acids is 1. The van der Waals surface area contributed by atoms with E-state index >= 15 is 0 Å². The fraction of sp³-hybridized carbons (Fsp3) is 0.467. The summed E-state index contributed by atoms with van der Waals surface area (Å²) in [6.07, 6.45) is 0. The Morgan fingerprint density at radius 1 is 1.41 bits per heavy atom. The lowest BCUT2D eigenvalue weighted by molar-refractivity contribution is -0.140. The summed E-state index contributed by atoms with van der Waals surface area (Å²) in [5.74, 6) is 1.51. The smallest absolute Gasteiger partial charge is 0.320 e. The minimum absolute atomic E-state index is 0.167. The standard InChI is InChI=1S/C15H20N2O3S2/c1-19-12-5-3-11(4-6-12)9-16-15(21)17-7-8-22-13(10-17)14(18)20-2/h3-6,13H,7-10H2,1-2H3,(H,16,21)/t13-/m0/s1. The molecule has 0 aromatic heterocycles. The first-order chi connectivity index (χ1) is 10.6. The normalized spacial score (nSPS) is 17.7. The molecule has 1 heterocycles. The molecule has 1 fully saturated rings. The van der Waals surface area contributed by atoms with Crippen molar-refractivity contribution in [1.29, 1.82) is 0 Å². The van der Waals surface area contributed by atoms with Crippen molar-refractivity contribution < 1.29 is 14.3 Å². The number of benzene rings is 1. The van der Waals surface area contributed by atoms with Crippen LogP contribution in [-0.2, 0) is 16.1 Å². The van der Waals surface area contributed by atoms with Crippen molar-refractivity contribution in [3.63, 3.8) is 0 Å². The van der Waals surface area contributed by atoms with E-state index < -0.39 is 0 Å². The lowest BCUT2D eigenvalue weighted by atomic mass is 10.2. The summed E-state index contributed by atoms with van der Waals surface area (Å²) in [6, 6.07) is 7.84. The molecule has 0 radical (unpaired) electrons. The third-order valence-corrected chi connectivity index (χ3v) is 4.99. The van der Waals surface area contributed by atoms with Crippen LogP contribution in [0.15, 0.2) is 24.3 Å². The van der Waals surface area contributed by atoms with Gasteiger partial charge >= 0.3 is 5.97 Å². The Morgan fingerprint density at radius 3 is 2.77 bits per heavy atom. The van der Waals surface area contributed by atoms with Crippen molar-refractivity contribution in [1.82, 2.24) is 10.2 Å². The number of nitrogens with zero attached hydrogens (tertiary/aromatic N) is 1. The zero-order valence-electron chi connectivity index (χ0n) is 12.7. The van der Waals surface area contributed by atoms with Gasteiger partial charge in [0.1, 0.15) is 11.0 Å². The molecule has 0 bridgehead atoms. The number of methoxy groups -OCH3 is 2. The first-order valence-corrected chi connectivity index (χ1v) is 8.45. The number of esters is 1. The van der Waals surface area contributed by atoms with Crippen molar-refractivity contribution in [2.45, 2.75) is 11.8 Å². The van der Waals surface area contributed by atoms with Gasteiger partial charge in [-0.15, -0.1) is 11.8 Å². The van der Waals surface area contributed by atoms with Crippen LogP contribution in [0.4, 0.5) is 0 Å². The molecule has 2 rings (SSSR count). The molecule has 1 saturated heterocycles. The Bertz CT molecular complexity index is 522. The minimum Gasteiger partial charge on any atom is -0.497 e. The van der Waals surface area contributed by atoms with E-state index in [2.05, 4.69) is 5.32 Å². The number of hydrogen-bond donors (Lipinski definition) is 1. The highest BCUT2D eigenvalue weighted by Crippen LogP contribution is 2.20. The van der Waals surface area contributed by atoms with Crippen LogP contribution in [0, 0.1) is 0 Å². The molecule has 0 saturated carbocycles. The Morgan fingerprint density at radius 2 is 2.14 bits per heavy atom. The van der Waals surface area contributed by atoms with Gasteiger partial charge < -0.3 is 19.7 Å².